The Morgan fingerprint density at radius 3 is 2.33 bits per heavy atom. The third kappa shape index (κ3) is 2.99. The van der Waals surface area contributed by atoms with Crippen LogP contribution >= 0.6 is 0 Å². The van der Waals surface area contributed by atoms with E-state index < -0.39 is 8.32 Å². The van der Waals surface area contributed by atoms with Gasteiger partial charge in [-0.2, -0.15) is 0 Å². The number of hydrogen-bond acceptors (Lipinski definition) is 1. The van der Waals surface area contributed by atoms with Crippen molar-refractivity contribution in [2.75, 3.05) is 0 Å². The zero-order valence-electron chi connectivity index (χ0n) is 13.7. The first-order chi connectivity index (χ1) is 10.1. The molecule has 1 atom stereocenters. The molecule has 1 heterocycles. The number of nitrogens with zero attached hydrogens (tertiary/aromatic N) is 1. The van der Waals surface area contributed by atoms with Gasteiger partial charge in [0.15, 0.2) is 8.32 Å². The van der Waals surface area contributed by atoms with Crippen LogP contribution in [0.15, 0.2) is 43.0 Å². The van der Waals surface area contributed by atoms with E-state index in [0.717, 1.165) is 18.1 Å². The highest BCUT2D eigenvalue weighted by Crippen LogP contribution is 2.32. The van der Waals surface area contributed by atoms with Crippen LogP contribution < -0.4 is 0 Å². The highest BCUT2D eigenvalue weighted by molar-refractivity contribution is 6.73. The summed E-state index contributed by atoms with van der Waals surface area (Å²) in [6, 6.07) is 14.2. The van der Waals surface area contributed by atoms with Crippen molar-refractivity contribution in [1.82, 2.24) is 4.57 Å². The summed E-state index contributed by atoms with van der Waals surface area (Å²) in [5.41, 5.74) is 2.46. The quantitative estimate of drug-likeness (QED) is 0.491. The van der Waals surface area contributed by atoms with Gasteiger partial charge in [0.1, 0.15) is 6.10 Å². The van der Waals surface area contributed by atoms with E-state index in [9.17, 15) is 0 Å². The predicted octanol–water partition coefficient (Wildman–Crippen LogP) is 5.43. The zero-order chi connectivity index (χ0) is 15.5. The van der Waals surface area contributed by atoms with Crippen molar-refractivity contribution in [1.29, 1.82) is 0 Å². The van der Waals surface area contributed by atoms with Gasteiger partial charge in [0.2, 0.25) is 0 Å². The Bertz CT molecular complexity index is 604. The van der Waals surface area contributed by atoms with Gasteiger partial charge in [-0.25, -0.2) is 0 Å². The number of hydrogen-bond donors (Lipinski definition) is 0. The van der Waals surface area contributed by atoms with Crippen LogP contribution in [0.3, 0.4) is 0 Å². The van der Waals surface area contributed by atoms with Crippen molar-refractivity contribution in [3.8, 4) is 0 Å². The average Bonchev–Trinajstić information content (AvgIpc) is 2.87. The zero-order valence-corrected chi connectivity index (χ0v) is 14.7. The van der Waals surface area contributed by atoms with E-state index in [1.54, 1.807) is 0 Å². The third-order valence-corrected chi connectivity index (χ3v) is 9.42. The Balaban J connectivity index is 2.40. The lowest BCUT2D eigenvalue weighted by Crippen LogP contribution is -2.37. The van der Waals surface area contributed by atoms with Crippen molar-refractivity contribution in [3.63, 3.8) is 0 Å². The minimum absolute atomic E-state index is 0.00563. The number of fused-ring (bicyclic) bond motifs is 1. The molecule has 1 unspecified atom stereocenters. The van der Waals surface area contributed by atoms with Gasteiger partial charge in [-0.05, 0) is 35.7 Å². The van der Waals surface area contributed by atoms with Crippen LogP contribution in [0.5, 0.6) is 0 Å². The fraction of sp³-hybridized carbons (Fsp3) is 0.444. The Labute approximate surface area is 129 Å². The van der Waals surface area contributed by atoms with Gasteiger partial charge < -0.3 is 8.99 Å². The maximum Gasteiger partial charge on any atom is 0.193 e. The van der Waals surface area contributed by atoms with Crippen molar-refractivity contribution < 1.29 is 4.43 Å². The standard InChI is InChI=1S/C18H27NOSi/c1-6-18(20-21(7-2,8-3)9-4)17-14-15-12-10-11-13-16(15)19(17)5/h6,10-14,18H,1,7-9H2,2-5H3. The lowest BCUT2D eigenvalue weighted by atomic mass is 10.2. The van der Waals surface area contributed by atoms with E-state index in [1.165, 1.54) is 16.6 Å². The molecule has 0 aliphatic heterocycles. The second kappa shape index (κ2) is 6.63. The summed E-state index contributed by atoms with van der Waals surface area (Å²) in [6.07, 6.45) is 1.95. The highest BCUT2D eigenvalue weighted by atomic mass is 28.4. The molecule has 0 N–H and O–H groups in total. The maximum absolute atomic E-state index is 6.63. The fourth-order valence-electron chi connectivity index (χ4n) is 3.08. The van der Waals surface area contributed by atoms with Gasteiger partial charge >= 0.3 is 0 Å². The molecular formula is C18H27NOSi. The topological polar surface area (TPSA) is 14.2 Å². The molecule has 0 spiro atoms. The number of aromatic nitrogens is 1. The monoisotopic (exact) mass is 301 g/mol. The summed E-state index contributed by atoms with van der Waals surface area (Å²) in [7, 11) is 0.475. The molecule has 0 aliphatic rings. The normalized spacial score (nSPS) is 13.5. The first-order valence-electron chi connectivity index (χ1n) is 7.95. The van der Waals surface area contributed by atoms with E-state index in [-0.39, 0.29) is 6.10 Å². The molecule has 21 heavy (non-hydrogen) atoms. The molecule has 1 aromatic carbocycles. The van der Waals surface area contributed by atoms with Crippen LogP contribution in [0.2, 0.25) is 18.1 Å². The van der Waals surface area contributed by atoms with Crippen LogP contribution in [0, 0.1) is 0 Å². The van der Waals surface area contributed by atoms with Gasteiger partial charge in [-0.15, -0.1) is 6.58 Å². The van der Waals surface area contributed by atoms with Gasteiger partial charge in [-0.3, -0.25) is 0 Å². The Morgan fingerprint density at radius 2 is 1.81 bits per heavy atom. The van der Waals surface area contributed by atoms with Crippen molar-refractivity contribution in [2.24, 2.45) is 7.05 Å². The molecule has 2 rings (SSSR count). The minimum Gasteiger partial charge on any atom is -0.405 e. The maximum atomic E-state index is 6.63. The number of aryl methyl sites for hydroxylation is 1. The van der Waals surface area contributed by atoms with E-state index in [2.05, 4.69) is 69.3 Å². The van der Waals surface area contributed by atoms with Gasteiger partial charge in [0, 0.05) is 12.6 Å². The van der Waals surface area contributed by atoms with Crippen LogP contribution in [-0.2, 0) is 11.5 Å². The summed E-state index contributed by atoms with van der Waals surface area (Å²) in [4.78, 5) is 0. The molecule has 0 radical (unpaired) electrons. The molecule has 3 heteroatoms. The average molecular weight is 302 g/mol. The summed E-state index contributed by atoms with van der Waals surface area (Å²) >= 11 is 0. The highest BCUT2D eigenvalue weighted by Gasteiger charge is 2.32. The lowest BCUT2D eigenvalue weighted by molar-refractivity contribution is 0.230. The van der Waals surface area contributed by atoms with Gasteiger partial charge in [-0.1, -0.05) is 45.0 Å². The molecule has 114 valence electrons. The molecule has 1 aromatic heterocycles. The predicted molar refractivity (Wildman–Crippen MR) is 94.1 cm³/mol. The lowest BCUT2D eigenvalue weighted by Gasteiger charge is -2.32. The van der Waals surface area contributed by atoms with Crippen molar-refractivity contribution in [3.05, 3.63) is 48.7 Å². The smallest absolute Gasteiger partial charge is 0.193 e. The second-order valence-electron chi connectivity index (χ2n) is 5.70. The van der Waals surface area contributed by atoms with Crippen LogP contribution in [0.4, 0.5) is 0 Å². The second-order valence-corrected chi connectivity index (χ2v) is 10.4. The molecule has 2 aromatic rings. The van der Waals surface area contributed by atoms with Crippen LogP contribution in [0.25, 0.3) is 10.9 Å². The molecule has 0 saturated heterocycles. The largest absolute Gasteiger partial charge is 0.405 e. The summed E-state index contributed by atoms with van der Waals surface area (Å²) in [6.45, 7) is 10.8. The first-order valence-corrected chi connectivity index (χ1v) is 10.5. The Kier molecular flexibility index (Phi) is 5.07. The van der Waals surface area contributed by atoms with Crippen molar-refractivity contribution in [2.45, 2.75) is 45.0 Å². The summed E-state index contributed by atoms with van der Waals surface area (Å²) in [5, 5.41) is 1.27. The number of rotatable bonds is 7. The van der Waals surface area contributed by atoms with Crippen molar-refractivity contribution >= 4 is 19.2 Å². The molecular weight excluding hydrogens is 274 g/mol. The van der Waals surface area contributed by atoms with Gasteiger partial charge in [0.05, 0.1) is 5.69 Å². The molecule has 0 bridgehead atoms. The summed E-state index contributed by atoms with van der Waals surface area (Å²) < 4.78 is 8.87. The molecule has 0 amide bonds. The fourth-order valence-corrected chi connectivity index (χ4v) is 5.84. The Hall–Kier alpha value is -1.32. The van der Waals surface area contributed by atoms with Crippen LogP contribution in [0.1, 0.15) is 32.6 Å². The van der Waals surface area contributed by atoms with Gasteiger partial charge in [0.25, 0.3) is 0 Å². The first kappa shape index (κ1) is 16.1. The number of para-hydroxylation sites is 1. The molecule has 0 aliphatic carbocycles. The SMILES string of the molecule is C=CC(O[Si](CC)(CC)CC)c1cc2ccccc2n1C. The van der Waals surface area contributed by atoms with Crippen LogP contribution in [-0.4, -0.2) is 12.9 Å². The van der Waals surface area contributed by atoms with E-state index in [1.807, 2.05) is 6.08 Å². The van der Waals surface area contributed by atoms with E-state index in [4.69, 9.17) is 4.43 Å². The Morgan fingerprint density at radius 1 is 1.19 bits per heavy atom. The van der Waals surface area contributed by atoms with E-state index in [0.29, 0.717) is 0 Å². The van der Waals surface area contributed by atoms with E-state index >= 15 is 0 Å². The minimum atomic E-state index is -1.64. The summed E-state index contributed by atoms with van der Waals surface area (Å²) in [5.74, 6) is 0. The molecule has 2 nitrogen and oxygen atoms in total. The third-order valence-electron chi connectivity index (χ3n) is 4.80. The molecule has 0 fully saturated rings. The molecule has 0 saturated carbocycles. The number of benzene rings is 1.